The van der Waals surface area contributed by atoms with Gasteiger partial charge >= 0.3 is 0 Å². The van der Waals surface area contributed by atoms with Gasteiger partial charge in [0.15, 0.2) is 0 Å². The van der Waals surface area contributed by atoms with E-state index in [-0.39, 0.29) is 23.7 Å². The van der Waals surface area contributed by atoms with E-state index in [2.05, 4.69) is 5.32 Å². The maximum atomic E-state index is 13.7. The Morgan fingerprint density at radius 2 is 2.10 bits per heavy atom. The van der Waals surface area contributed by atoms with Crippen LogP contribution < -0.4 is 5.32 Å². The number of carbonyl (C=O) groups excluding carboxylic acids is 1. The number of hydrogen-bond donors (Lipinski definition) is 1. The van der Waals surface area contributed by atoms with Crippen molar-refractivity contribution in [3.63, 3.8) is 0 Å². The van der Waals surface area contributed by atoms with Crippen molar-refractivity contribution in [3.05, 3.63) is 35.1 Å². The number of aryl methyl sites for hydroxylation is 1. The molecule has 2 unspecified atom stereocenters. The number of halogens is 1. The molecule has 1 heterocycles. The van der Waals surface area contributed by atoms with Crippen LogP contribution >= 0.6 is 0 Å². The number of hydrogen-bond acceptors (Lipinski definition) is 2. The summed E-state index contributed by atoms with van der Waals surface area (Å²) in [5.74, 6) is 0.265. The summed E-state index contributed by atoms with van der Waals surface area (Å²) in [7, 11) is 0. The van der Waals surface area contributed by atoms with Gasteiger partial charge < -0.3 is 10.2 Å². The first-order valence-corrected chi connectivity index (χ1v) is 7.85. The number of carbonyl (C=O) groups is 1. The van der Waals surface area contributed by atoms with Gasteiger partial charge in [0.05, 0.1) is 6.04 Å². The molecule has 0 bridgehead atoms. The first-order chi connectivity index (χ1) is 10.1. The summed E-state index contributed by atoms with van der Waals surface area (Å²) in [5, 5.41) is 3.31. The molecule has 1 amide bonds. The van der Waals surface area contributed by atoms with Gasteiger partial charge in [0.2, 0.25) is 5.91 Å². The minimum absolute atomic E-state index is 0.145. The lowest BCUT2D eigenvalue weighted by atomic mass is 9.85. The summed E-state index contributed by atoms with van der Waals surface area (Å²) in [6.45, 7) is 8.04. The quantitative estimate of drug-likeness (QED) is 0.925. The van der Waals surface area contributed by atoms with Crippen molar-refractivity contribution in [3.8, 4) is 0 Å². The third-order valence-corrected chi connectivity index (χ3v) is 4.44. The second kappa shape index (κ2) is 7.03. The number of benzene rings is 1. The monoisotopic (exact) mass is 292 g/mol. The Kier molecular flexibility index (Phi) is 5.34. The number of likely N-dealkylation sites (N-methyl/N-ethyl adjacent to an activating group) is 1. The lowest BCUT2D eigenvalue weighted by Crippen LogP contribution is -2.49. The summed E-state index contributed by atoms with van der Waals surface area (Å²) in [6, 6.07) is 5.30. The average Bonchev–Trinajstić information content (AvgIpc) is 2.51. The van der Waals surface area contributed by atoms with E-state index in [1.165, 1.54) is 0 Å². The number of nitrogens with zero attached hydrogens (tertiary/aromatic N) is 1. The average molecular weight is 292 g/mol. The van der Waals surface area contributed by atoms with Crippen molar-refractivity contribution in [2.45, 2.75) is 45.6 Å². The van der Waals surface area contributed by atoms with Gasteiger partial charge in [-0.05, 0) is 63.3 Å². The summed E-state index contributed by atoms with van der Waals surface area (Å²) in [4.78, 5) is 14.3. The first-order valence-electron chi connectivity index (χ1n) is 7.85. The fourth-order valence-electron chi connectivity index (χ4n) is 3.03. The van der Waals surface area contributed by atoms with Crippen LogP contribution in [0.4, 0.5) is 4.39 Å². The normalized spacial score (nSPS) is 22.1. The number of rotatable bonds is 4. The van der Waals surface area contributed by atoms with Crippen LogP contribution in [0.3, 0.4) is 0 Å². The molecule has 0 aliphatic carbocycles. The fraction of sp³-hybridized carbons (Fsp3) is 0.588. The highest BCUT2D eigenvalue weighted by Crippen LogP contribution is 2.29. The van der Waals surface area contributed by atoms with Gasteiger partial charge in [-0.2, -0.15) is 0 Å². The number of nitrogens with one attached hydrogen (secondary N) is 1. The molecule has 1 N–H and O–H groups in total. The van der Waals surface area contributed by atoms with Gasteiger partial charge in [-0.3, -0.25) is 4.79 Å². The Morgan fingerprint density at radius 3 is 2.71 bits per heavy atom. The van der Waals surface area contributed by atoms with Crippen molar-refractivity contribution < 1.29 is 9.18 Å². The van der Waals surface area contributed by atoms with Crippen LogP contribution in [0.2, 0.25) is 0 Å². The zero-order chi connectivity index (χ0) is 15.4. The highest BCUT2D eigenvalue weighted by Gasteiger charge is 2.30. The van der Waals surface area contributed by atoms with Gasteiger partial charge in [-0.15, -0.1) is 0 Å². The lowest BCUT2D eigenvalue weighted by molar-refractivity contribution is -0.133. The highest BCUT2D eigenvalue weighted by molar-refractivity contribution is 5.82. The molecule has 1 aliphatic heterocycles. The van der Waals surface area contributed by atoms with Crippen LogP contribution in [-0.4, -0.2) is 36.5 Å². The SMILES string of the molecule is CCN(CC)C(=O)C1CC(c2ccc(C)c(F)c2)CCN1. The molecule has 0 saturated carbocycles. The minimum Gasteiger partial charge on any atom is -0.342 e. The highest BCUT2D eigenvalue weighted by atomic mass is 19.1. The van der Waals surface area contributed by atoms with Gasteiger partial charge in [-0.1, -0.05) is 12.1 Å². The fourth-order valence-corrected chi connectivity index (χ4v) is 3.03. The molecule has 1 aromatic rings. The van der Waals surface area contributed by atoms with Gasteiger partial charge in [0.25, 0.3) is 0 Å². The Bertz CT molecular complexity index is 500. The van der Waals surface area contributed by atoms with E-state index >= 15 is 0 Å². The molecule has 2 atom stereocenters. The molecule has 3 nitrogen and oxygen atoms in total. The predicted octanol–water partition coefficient (Wildman–Crippen LogP) is 2.84. The molecular weight excluding hydrogens is 267 g/mol. The standard InChI is InChI=1S/C17H25FN2O/c1-4-20(5-2)17(21)16-11-14(8-9-19-16)13-7-6-12(3)15(18)10-13/h6-7,10,14,16,19H,4-5,8-9,11H2,1-3H3. The van der Waals surface area contributed by atoms with Crippen LogP contribution in [0.1, 0.15) is 43.7 Å². The Labute approximate surface area is 126 Å². The minimum atomic E-state index is -0.155. The third kappa shape index (κ3) is 3.62. The molecular formula is C17H25FN2O. The third-order valence-electron chi connectivity index (χ3n) is 4.44. The van der Waals surface area contributed by atoms with E-state index in [1.54, 1.807) is 13.0 Å². The molecule has 1 aliphatic rings. The smallest absolute Gasteiger partial charge is 0.239 e. The second-order valence-electron chi connectivity index (χ2n) is 5.75. The van der Waals surface area contributed by atoms with Crippen LogP contribution in [0.25, 0.3) is 0 Å². The molecule has 4 heteroatoms. The first kappa shape index (κ1) is 16.0. The maximum absolute atomic E-state index is 13.7. The van der Waals surface area contributed by atoms with Crippen molar-refractivity contribution in [2.75, 3.05) is 19.6 Å². The molecule has 1 saturated heterocycles. The van der Waals surface area contributed by atoms with E-state index < -0.39 is 0 Å². The van der Waals surface area contributed by atoms with Crippen molar-refractivity contribution in [2.24, 2.45) is 0 Å². The Balaban J connectivity index is 2.09. The largest absolute Gasteiger partial charge is 0.342 e. The predicted molar refractivity (Wildman–Crippen MR) is 82.8 cm³/mol. The molecule has 21 heavy (non-hydrogen) atoms. The van der Waals surface area contributed by atoms with Crippen LogP contribution in [-0.2, 0) is 4.79 Å². The zero-order valence-corrected chi connectivity index (χ0v) is 13.2. The van der Waals surface area contributed by atoms with Gasteiger partial charge in [0.1, 0.15) is 5.82 Å². The Morgan fingerprint density at radius 1 is 1.38 bits per heavy atom. The molecule has 0 radical (unpaired) electrons. The lowest BCUT2D eigenvalue weighted by Gasteiger charge is -2.33. The van der Waals surface area contributed by atoms with Crippen molar-refractivity contribution in [1.29, 1.82) is 0 Å². The Hall–Kier alpha value is -1.42. The van der Waals surface area contributed by atoms with E-state index in [9.17, 15) is 9.18 Å². The van der Waals surface area contributed by atoms with Crippen molar-refractivity contribution >= 4 is 5.91 Å². The molecule has 1 fully saturated rings. The summed E-state index contributed by atoms with van der Waals surface area (Å²) in [6.07, 6.45) is 1.70. The molecule has 0 aromatic heterocycles. The summed E-state index contributed by atoms with van der Waals surface area (Å²) >= 11 is 0. The summed E-state index contributed by atoms with van der Waals surface area (Å²) < 4.78 is 13.7. The van der Waals surface area contributed by atoms with Gasteiger partial charge in [0, 0.05) is 13.1 Å². The molecule has 116 valence electrons. The zero-order valence-electron chi connectivity index (χ0n) is 13.2. The number of amides is 1. The van der Waals surface area contributed by atoms with E-state index in [4.69, 9.17) is 0 Å². The second-order valence-corrected chi connectivity index (χ2v) is 5.75. The van der Waals surface area contributed by atoms with Crippen molar-refractivity contribution in [1.82, 2.24) is 10.2 Å². The van der Waals surface area contributed by atoms with Crippen LogP contribution in [0, 0.1) is 12.7 Å². The molecule has 1 aromatic carbocycles. The number of piperidine rings is 1. The maximum Gasteiger partial charge on any atom is 0.239 e. The topological polar surface area (TPSA) is 32.3 Å². The van der Waals surface area contributed by atoms with E-state index in [1.807, 2.05) is 30.9 Å². The summed E-state index contributed by atoms with van der Waals surface area (Å²) in [5.41, 5.74) is 1.68. The molecule has 0 spiro atoms. The van der Waals surface area contributed by atoms with Gasteiger partial charge in [-0.25, -0.2) is 4.39 Å². The van der Waals surface area contributed by atoms with Crippen LogP contribution in [0.5, 0.6) is 0 Å². The van der Waals surface area contributed by atoms with E-state index in [0.29, 0.717) is 5.56 Å². The molecule has 2 rings (SSSR count). The van der Waals surface area contributed by atoms with Crippen LogP contribution in [0.15, 0.2) is 18.2 Å². The van der Waals surface area contributed by atoms with E-state index in [0.717, 1.165) is 38.0 Å².